The Balaban J connectivity index is 1.46. The van der Waals surface area contributed by atoms with Gasteiger partial charge in [0, 0.05) is 12.8 Å². The molecule has 0 bridgehead atoms. The van der Waals surface area contributed by atoms with E-state index in [0.717, 1.165) is 38.5 Å². The van der Waals surface area contributed by atoms with E-state index in [1.165, 1.54) is 6.92 Å². The first-order valence-electron chi connectivity index (χ1n) is 9.49. The summed E-state index contributed by atoms with van der Waals surface area (Å²) in [7, 11) is 0. The first-order chi connectivity index (χ1) is 12.7. The smallest absolute Gasteiger partial charge is 0.480 e. The van der Waals surface area contributed by atoms with Crippen LogP contribution in [0.5, 0.6) is 0 Å². The molecule has 3 N–H and O–H groups in total. The lowest BCUT2D eigenvalue weighted by atomic mass is 9.90. The molecule has 0 aromatic rings. The van der Waals surface area contributed by atoms with Gasteiger partial charge in [0.05, 0.1) is 5.92 Å². The van der Waals surface area contributed by atoms with Gasteiger partial charge in [0.1, 0.15) is 17.8 Å². The number of aliphatic carboxylic acids is 1. The molecule has 0 spiro atoms. The summed E-state index contributed by atoms with van der Waals surface area (Å²) in [6.07, 6.45) is 1.72. The van der Waals surface area contributed by atoms with Crippen molar-refractivity contribution in [3.8, 4) is 0 Å². The van der Waals surface area contributed by atoms with Crippen LogP contribution in [-0.2, 0) is 23.8 Å². The number of alkyl halides is 1. The monoisotopic (exact) mass is 387 g/mol. The summed E-state index contributed by atoms with van der Waals surface area (Å²) in [6.45, 7) is 1.37. The number of fused-ring (bicyclic) bond motifs is 1. The van der Waals surface area contributed by atoms with Gasteiger partial charge in [0.2, 0.25) is 6.29 Å². The second-order valence-electron chi connectivity index (χ2n) is 7.76. The number of nitrogens with two attached hydrogens (primary N) is 1. The number of esters is 1. The number of halogens is 1. The molecule has 27 heavy (non-hydrogen) atoms. The maximum atomic E-state index is 13.9. The SMILES string of the molecule is CC(OC(=O)OC1CCCCCC1)OC(=O)[C@H]1[C@@H]2C[C@H](F)[C@@](N)(C(=O)O)[C@@H]21. The number of ether oxygens (including phenoxy) is 3. The average Bonchev–Trinajstić information content (AvgIpc) is 3.28. The second kappa shape index (κ2) is 7.61. The molecular weight excluding hydrogens is 361 g/mol. The lowest BCUT2D eigenvalue weighted by Crippen LogP contribution is -2.56. The van der Waals surface area contributed by atoms with Crippen molar-refractivity contribution in [1.82, 2.24) is 0 Å². The number of rotatable bonds is 5. The van der Waals surface area contributed by atoms with E-state index < -0.39 is 53.8 Å². The summed E-state index contributed by atoms with van der Waals surface area (Å²) in [5.74, 6) is -4.25. The molecule has 8 nitrogen and oxygen atoms in total. The molecular formula is C18H26FNO7. The van der Waals surface area contributed by atoms with E-state index in [1.807, 2.05) is 0 Å². The van der Waals surface area contributed by atoms with Gasteiger partial charge in [-0.2, -0.15) is 0 Å². The fourth-order valence-electron chi connectivity index (χ4n) is 4.48. The zero-order valence-electron chi connectivity index (χ0n) is 15.3. The van der Waals surface area contributed by atoms with E-state index in [0.29, 0.717) is 0 Å². The highest BCUT2D eigenvalue weighted by Gasteiger charge is 2.75. The van der Waals surface area contributed by atoms with Gasteiger partial charge in [-0.25, -0.2) is 9.18 Å². The van der Waals surface area contributed by atoms with Crippen molar-refractivity contribution in [2.75, 3.05) is 0 Å². The van der Waals surface area contributed by atoms with Crippen molar-refractivity contribution in [3.63, 3.8) is 0 Å². The lowest BCUT2D eigenvalue weighted by molar-refractivity contribution is -0.172. The summed E-state index contributed by atoms with van der Waals surface area (Å²) in [5, 5.41) is 9.21. The summed E-state index contributed by atoms with van der Waals surface area (Å²) < 4.78 is 29.2. The molecule has 0 radical (unpaired) electrons. The molecule has 3 fully saturated rings. The van der Waals surface area contributed by atoms with E-state index in [4.69, 9.17) is 19.9 Å². The predicted molar refractivity (Wildman–Crippen MR) is 89.1 cm³/mol. The zero-order chi connectivity index (χ0) is 19.8. The van der Waals surface area contributed by atoms with Crippen molar-refractivity contribution in [2.45, 2.75) is 76.0 Å². The Bertz CT molecular complexity index is 607. The third-order valence-corrected chi connectivity index (χ3v) is 5.97. The molecule has 0 saturated heterocycles. The fraction of sp³-hybridized carbons (Fsp3) is 0.833. The molecule has 6 atom stereocenters. The van der Waals surface area contributed by atoms with E-state index in [2.05, 4.69) is 0 Å². The number of hydrogen-bond acceptors (Lipinski definition) is 7. The van der Waals surface area contributed by atoms with Crippen LogP contribution in [0.25, 0.3) is 0 Å². The Morgan fingerprint density at radius 1 is 1.15 bits per heavy atom. The van der Waals surface area contributed by atoms with Crippen molar-refractivity contribution < 1.29 is 38.1 Å². The minimum absolute atomic E-state index is 0.0911. The summed E-state index contributed by atoms with van der Waals surface area (Å²) in [6, 6.07) is 0. The molecule has 0 aromatic heterocycles. The van der Waals surface area contributed by atoms with Crippen LogP contribution in [0.2, 0.25) is 0 Å². The van der Waals surface area contributed by atoms with Gasteiger partial charge in [-0.05, 0) is 38.0 Å². The van der Waals surface area contributed by atoms with Gasteiger partial charge in [-0.3, -0.25) is 9.59 Å². The second-order valence-corrected chi connectivity index (χ2v) is 7.76. The molecule has 3 rings (SSSR count). The van der Waals surface area contributed by atoms with Crippen molar-refractivity contribution in [1.29, 1.82) is 0 Å². The van der Waals surface area contributed by atoms with Gasteiger partial charge in [0.15, 0.2) is 0 Å². The molecule has 152 valence electrons. The zero-order valence-corrected chi connectivity index (χ0v) is 15.3. The van der Waals surface area contributed by atoms with E-state index >= 15 is 0 Å². The van der Waals surface area contributed by atoms with Crippen LogP contribution >= 0.6 is 0 Å². The van der Waals surface area contributed by atoms with Gasteiger partial charge in [0.25, 0.3) is 0 Å². The Kier molecular flexibility index (Phi) is 5.60. The molecule has 0 heterocycles. The number of carbonyl (C=O) groups is 3. The van der Waals surface area contributed by atoms with Crippen LogP contribution in [0.4, 0.5) is 9.18 Å². The molecule has 3 aliphatic rings. The third kappa shape index (κ3) is 3.88. The number of carboxylic acids is 1. The average molecular weight is 387 g/mol. The summed E-state index contributed by atoms with van der Waals surface area (Å²) in [5.41, 5.74) is 3.63. The first kappa shape index (κ1) is 19.9. The highest BCUT2D eigenvalue weighted by atomic mass is 19.1. The normalized spacial score (nSPS) is 36.9. The van der Waals surface area contributed by atoms with Gasteiger partial charge in [-0.15, -0.1) is 0 Å². The molecule has 0 amide bonds. The largest absolute Gasteiger partial charge is 0.511 e. The first-order valence-corrected chi connectivity index (χ1v) is 9.49. The number of hydrogen-bond donors (Lipinski definition) is 2. The third-order valence-electron chi connectivity index (χ3n) is 5.97. The Morgan fingerprint density at radius 3 is 2.37 bits per heavy atom. The van der Waals surface area contributed by atoms with Crippen LogP contribution < -0.4 is 5.73 Å². The maximum Gasteiger partial charge on any atom is 0.511 e. The molecule has 0 aliphatic heterocycles. The molecule has 3 saturated carbocycles. The fourth-order valence-corrected chi connectivity index (χ4v) is 4.48. The Morgan fingerprint density at radius 2 is 1.78 bits per heavy atom. The van der Waals surface area contributed by atoms with Crippen molar-refractivity contribution in [2.24, 2.45) is 23.5 Å². The van der Waals surface area contributed by atoms with Crippen molar-refractivity contribution in [3.05, 3.63) is 0 Å². The molecule has 3 aliphatic carbocycles. The van der Waals surface area contributed by atoms with Gasteiger partial charge in [-0.1, -0.05) is 12.8 Å². The molecule has 9 heteroatoms. The van der Waals surface area contributed by atoms with Gasteiger partial charge < -0.3 is 25.1 Å². The lowest BCUT2D eigenvalue weighted by Gasteiger charge is -2.25. The summed E-state index contributed by atoms with van der Waals surface area (Å²) >= 11 is 0. The topological polar surface area (TPSA) is 125 Å². The van der Waals surface area contributed by atoms with E-state index in [1.54, 1.807) is 0 Å². The minimum Gasteiger partial charge on any atom is -0.480 e. The Hall–Kier alpha value is -1.90. The highest BCUT2D eigenvalue weighted by Crippen LogP contribution is 2.62. The van der Waals surface area contributed by atoms with E-state index in [9.17, 15) is 23.9 Å². The van der Waals surface area contributed by atoms with Crippen molar-refractivity contribution >= 4 is 18.1 Å². The molecule has 0 aromatic carbocycles. The summed E-state index contributed by atoms with van der Waals surface area (Å²) in [4.78, 5) is 35.4. The van der Waals surface area contributed by atoms with Crippen LogP contribution in [0.15, 0.2) is 0 Å². The number of carbonyl (C=O) groups excluding carboxylic acids is 2. The highest BCUT2D eigenvalue weighted by molar-refractivity contribution is 5.86. The number of carboxylic acid groups (broad SMARTS) is 1. The van der Waals surface area contributed by atoms with Crippen LogP contribution in [-0.4, -0.2) is 47.3 Å². The standard InChI is InChI=1S/C18H26FNO7/c1-9(26-17(24)27-10-6-4-2-3-5-7-10)25-15(21)13-11-8-12(19)18(20,14(11)13)16(22)23/h9-14H,2-8,20H2,1H3,(H,22,23)/t9?,11-,12-,13-,14-,18-/m0/s1. The Labute approximate surface area is 156 Å². The van der Waals surface area contributed by atoms with Crippen LogP contribution in [0.1, 0.15) is 51.9 Å². The van der Waals surface area contributed by atoms with Crippen LogP contribution in [0.3, 0.4) is 0 Å². The quantitative estimate of drug-likeness (QED) is 0.417. The maximum absolute atomic E-state index is 13.9. The van der Waals surface area contributed by atoms with E-state index in [-0.39, 0.29) is 12.5 Å². The van der Waals surface area contributed by atoms with Gasteiger partial charge >= 0.3 is 18.1 Å². The molecule has 1 unspecified atom stereocenters. The predicted octanol–water partition coefficient (Wildman–Crippen LogP) is 2.14. The van der Waals surface area contributed by atoms with Crippen LogP contribution in [0, 0.1) is 17.8 Å². The minimum atomic E-state index is -2.07.